The molecule has 1 aliphatic carbocycles. The summed E-state index contributed by atoms with van der Waals surface area (Å²) in [6.07, 6.45) is 3.00. The lowest BCUT2D eigenvalue weighted by Gasteiger charge is -2.38. The molecule has 1 saturated heterocycles. The molecule has 1 aromatic carbocycles. The lowest BCUT2D eigenvalue weighted by molar-refractivity contribution is -0.136. The molecular weight excluding hydrogens is 355 g/mol. The Kier molecular flexibility index (Phi) is 6.23. The Bertz CT molecular complexity index is 581. The standard InChI is InChI=1S/C17H22Cl2N2O.ClH/c1-10-4-5-21(12(6-10)9-20)17(22)14-8-13(14)11-2-3-15(18)16(19)7-11;/h2-3,7,10,12-14H,4-6,8-9,20H2,1H3;1H. The minimum absolute atomic E-state index is 0. The normalized spacial score (nSPS) is 29.8. The zero-order chi connectivity index (χ0) is 15.9. The van der Waals surface area contributed by atoms with Gasteiger partial charge in [0.05, 0.1) is 10.0 Å². The van der Waals surface area contributed by atoms with Crippen molar-refractivity contribution in [2.75, 3.05) is 13.1 Å². The SMILES string of the molecule is CC1CCN(C(=O)C2CC2c2ccc(Cl)c(Cl)c2)C(CN)C1.Cl. The number of carbonyl (C=O) groups excluding carboxylic acids is 1. The topological polar surface area (TPSA) is 46.3 Å². The number of nitrogens with zero attached hydrogens (tertiary/aromatic N) is 1. The molecule has 0 bridgehead atoms. The molecule has 128 valence electrons. The van der Waals surface area contributed by atoms with Crippen LogP contribution in [0.25, 0.3) is 0 Å². The molecule has 2 N–H and O–H groups in total. The van der Waals surface area contributed by atoms with Crippen LogP contribution in [-0.4, -0.2) is 29.9 Å². The van der Waals surface area contributed by atoms with Gasteiger partial charge < -0.3 is 10.6 Å². The van der Waals surface area contributed by atoms with Crippen molar-refractivity contribution in [1.29, 1.82) is 0 Å². The molecule has 0 spiro atoms. The number of hydrogen-bond donors (Lipinski definition) is 1. The molecule has 2 fully saturated rings. The fourth-order valence-corrected chi connectivity index (χ4v) is 3.86. The Morgan fingerprint density at radius 1 is 1.30 bits per heavy atom. The molecular formula is C17H23Cl3N2O. The Morgan fingerprint density at radius 2 is 2.04 bits per heavy atom. The summed E-state index contributed by atoms with van der Waals surface area (Å²) in [5, 5.41) is 1.12. The minimum Gasteiger partial charge on any atom is -0.338 e. The molecule has 1 aliphatic heterocycles. The Hall–Kier alpha value is -0.480. The molecule has 0 aromatic heterocycles. The maximum Gasteiger partial charge on any atom is 0.226 e. The van der Waals surface area contributed by atoms with Crippen LogP contribution < -0.4 is 5.73 Å². The zero-order valence-electron chi connectivity index (χ0n) is 13.2. The van der Waals surface area contributed by atoms with Gasteiger partial charge in [-0.2, -0.15) is 0 Å². The number of rotatable bonds is 3. The molecule has 2 aliphatic rings. The second-order valence-electron chi connectivity index (χ2n) is 6.67. The quantitative estimate of drug-likeness (QED) is 0.862. The van der Waals surface area contributed by atoms with Crippen LogP contribution in [0.2, 0.25) is 10.0 Å². The van der Waals surface area contributed by atoms with Gasteiger partial charge in [0.15, 0.2) is 0 Å². The zero-order valence-corrected chi connectivity index (χ0v) is 15.5. The van der Waals surface area contributed by atoms with Gasteiger partial charge in [0.1, 0.15) is 0 Å². The van der Waals surface area contributed by atoms with Gasteiger partial charge in [0.2, 0.25) is 5.91 Å². The number of carbonyl (C=O) groups is 1. The van der Waals surface area contributed by atoms with E-state index in [0.717, 1.165) is 31.4 Å². The van der Waals surface area contributed by atoms with Crippen LogP contribution in [0.15, 0.2) is 18.2 Å². The van der Waals surface area contributed by atoms with Crippen molar-refractivity contribution in [3.63, 3.8) is 0 Å². The summed E-state index contributed by atoms with van der Waals surface area (Å²) in [5.41, 5.74) is 6.98. The highest BCUT2D eigenvalue weighted by Crippen LogP contribution is 2.50. The Morgan fingerprint density at radius 3 is 2.70 bits per heavy atom. The van der Waals surface area contributed by atoms with Crippen LogP contribution in [0.4, 0.5) is 0 Å². The number of piperidine rings is 1. The molecule has 0 radical (unpaired) electrons. The van der Waals surface area contributed by atoms with Gasteiger partial charge in [-0.05, 0) is 48.8 Å². The number of hydrogen-bond acceptors (Lipinski definition) is 2. The molecule has 4 unspecified atom stereocenters. The third-order valence-corrected chi connectivity index (χ3v) is 5.75. The number of halogens is 3. The molecule has 4 atom stereocenters. The lowest BCUT2D eigenvalue weighted by atomic mass is 9.92. The Labute approximate surface area is 153 Å². The van der Waals surface area contributed by atoms with Gasteiger partial charge in [-0.1, -0.05) is 36.2 Å². The summed E-state index contributed by atoms with van der Waals surface area (Å²) >= 11 is 12.0. The van der Waals surface area contributed by atoms with Crippen molar-refractivity contribution in [3.05, 3.63) is 33.8 Å². The maximum absolute atomic E-state index is 12.8. The highest BCUT2D eigenvalue weighted by Gasteiger charge is 2.47. The molecule has 6 heteroatoms. The van der Waals surface area contributed by atoms with E-state index in [4.69, 9.17) is 28.9 Å². The van der Waals surface area contributed by atoms with E-state index in [1.165, 1.54) is 0 Å². The van der Waals surface area contributed by atoms with E-state index in [2.05, 4.69) is 6.92 Å². The average molecular weight is 378 g/mol. The van der Waals surface area contributed by atoms with Crippen LogP contribution >= 0.6 is 35.6 Å². The number of nitrogens with two attached hydrogens (primary N) is 1. The minimum atomic E-state index is 0. The highest BCUT2D eigenvalue weighted by atomic mass is 35.5. The molecule has 3 rings (SSSR count). The van der Waals surface area contributed by atoms with Crippen LogP contribution in [-0.2, 0) is 4.79 Å². The van der Waals surface area contributed by atoms with E-state index >= 15 is 0 Å². The number of amides is 1. The van der Waals surface area contributed by atoms with Crippen molar-refractivity contribution < 1.29 is 4.79 Å². The summed E-state index contributed by atoms with van der Waals surface area (Å²) in [5.74, 6) is 1.28. The summed E-state index contributed by atoms with van der Waals surface area (Å²) in [7, 11) is 0. The first kappa shape index (κ1) is 18.9. The summed E-state index contributed by atoms with van der Waals surface area (Å²) in [6.45, 7) is 3.63. The second-order valence-corrected chi connectivity index (χ2v) is 7.49. The van der Waals surface area contributed by atoms with E-state index in [1.807, 2.05) is 23.1 Å². The van der Waals surface area contributed by atoms with Crippen molar-refractivity contribution in [2.24, 2.45) is 17.6 Å². The van der Waals surface area contributed by atoms with Crippen molar-refractivity contribution in [3.8, 4) is 0 Å². The highest BCUT2D eigenvalue weighted by molar-refractivity contribution is 6.42. The first-order valence-corrected chi connectivity index (χ1v) is 8.72. The first-order chi connectivity index (χ1) is 10.5. The molecule has 1 heterocycles. The largest absolute Gasteiger partial charge is 0.338 e. The van der Waals surface area contributed by atoms with Gasteiger partial charge in [0, 0.05) is 25.0 Å². The van der Waals surface area contributed by atoms with E-state index in [1.54, 1.807) is 0 Å². The van der Waals surface area contributed by atoms with Crippen molar-refractivity contribution in [1.82, 2.24) is 4.90 Å². The van der Waals surface area contributed by atoms with Gasteiger partial charge in [-0.3, -0.25) is 4.79 Å². The van der Waals surface area contributed by atoms with Crippen LogP contribution in [0.3, 0.4) is 0 Å². The third-order valence-electron chi connectivity index (χ3n) is 5.01. The van der Waals surface area contributed by atoms with E-state index in [9.17, 15) is 4.79 Å². The summed E-state index contributed by atoms with van der Waals surface area (Å²) in [4.78, 5) is 14.8. The van der Waals surface area contributed by atoms with Crippen molar-refractivity contribution >= 4 is 41.5 Å². The number of likely N-dealkylation sites (tertiary alicyclic amines) is 1. The van der Waals surface area contributed by atoms with E-state index in [0.29, 0.717) is 22.5 Å². The van der Waals surface area contributed by atoms with E-state index < -0.39 is 0 Å². The third kappa shape index (κ3) is 3.96. The average Bonchev–Trinajstić information content (AvgIpc) is 3.29. The fourth-order valence-electron chi connectivity index (χ4n) is 3.56. The first-order valence-electron chi connectivity index (χ1n) is 7.96. The van der Waals surface area contributed by atoms with Crippen LogP contribution in [0.1, 0.15) is 37.7 Å². The van der Waals surface area contributed by atoms with Crippen LogP contribution in [0, 0.1) is 11.8 Å². The van der Waals surface area contributed by atoms with Gasteiger partial charge in [0.25, 0.3) is 0 Å². The monoisotopic (exact) mass is 376 g/mol. The van der Waals surface area contributed by atoms with Gasteiger partial charge in [-0.25, -0.2) is 0 Å². The fraction of sp³-hybridized carbons (Fsp3) is 0.588. The maximum atomic E-state index is 12.8. The lowest BCUT2D eigenvalue weighted by Crippen LogP contribution is -2.49. The number of benzene rings is 1. The predicted octanol–water partition coefficient (Wildman–Crippen LogP) is 4.10. The van der Waals surface area contributed by atoms with Gasteiger partial charge in [-0.15, -0.1) is 12.4 Å². The molecule has 23 heavy (non-hydrogen) atoms. The summed E-state index contributed by atoms with van der Waals surface area (Å²) in [6, 6.07) is 5.88. The van der Waals surface area contributed by atoms with Crippen LogP contribution in [0.5, 0.6) is 0 Å². The predicted molar refractivity (Wildman–Crippen MR) is 97.5 cm³/mol. The second kappa shape index (κ2) is 7.60. The molecule has 1 aromatic rings. The molecule has 1 amide bonds. The molecule has 1 saturated carbocycles. The summed E-state index contributed by atoms with van der Waals surface area (Å²) < 4.78 is 0. The van der Waals surface area contributed by atoms with Gasteiger partial charge >= 0.3 is 0 Å². The van der Waals surface area contributed by atoms with E-state index in [-0.39, 0.29) is 36.2 Å². The smallest absolute Gasteiger partial charge is 0.226 e. The molecule has 3 nitrogen and oxygen atoms in total. The Balaban J connectivity index is 0.00000192. The van der Waals surface area contributed by atoms with Crippen molar-refractivity contribution in [2.45, 2.75) is 38.1 Å².